The predicted molar refractivity (Wildman–Crippen MR) is 88.7 cm³/mol. The molecule has 2 rings (SSSR count). The second kappa shape index (κ2) is 7.97. The van der Waals surface area contributed by atoms with Gasteiger partial charge in [-0.05, 0) is 37.1 Å². The lowest BCUT2D eigenvalue weighted by molar-refractivity contribution is -0.133. The van der Waals surface area contributed by atoms with Gasteiger partial charge in [-0.1, -0.05) is 54.1 Å². The number of nitrogens with one attached hydrogen (secondary N) is 1. The van der Waals surface area contributed by atoms with Crippen molar-refractivity contribution in [1.82, 2.24) is 5.32 Å². The van der Waals surface area contributed by atoms with Gasteiger partial charge in [-0.25, -0.2) is 0 Å². The van der Waals surface area contributed by atoms with Gasteiger partial charge in [0.2, 0.25) is 5.91 Å². The van der Waals surface area contributed by atoms with Crippen molar-refractivity contribution in [2.75, 3.05) is 0 Å². The SMILES string of the molecule is C[C@H](OCc1ccccc1)C(=O)N[C@@H](C)c1ccc(Cl)cc1. The molecule has 0 saturated heterocycles. The van der Waals surface area contributed by atoms with E-state index in [1.807, 2.05) is 61.5 Å². The number of carbonyl (C=O) groups excluding carboxylic acids is 1. The third-order valence-corrected chi connectivity index (χ3v) is 3.69. The van der Waals surface area contributed by atoms with Crippen LogP contribution >= 0.6 is 11.6 Å². The molecule has 0 fully saturated rings. The fraction of sp³-hybridized carbons (Fsp3) is 0.278. The smallest absolute Gasteiger partial charge is 0.249 e. The Morgan fingerprint density at radius 3 is 2.36 bits per heavy atom. The molecule has 0 aromatic heterocycles. The molecule has 2 atom stereocenters. The summed E-state index contributed by atoms with van der Waals surface area (Å²) in [4.78, 5) is 12.2. The van der Waals surface area contributed by atoms with Crippen LogP contribution in [0.1, 0.15) is 31.0 Å². The number of hydrogen-bond donors (Lipinski definition) is 1. The highest BCUT2D eigenvalue weighted by Gasteiger charge is 2.16. The fourth-order valence-corrected chi connectivity index (χ4v) is 2.16. The molecule has 0 unspecified atom stereocenters. The zero-order valence-electron chi connectivity index (χ0n) is 12.8. The van der Waals surface area contributed by atoms with E-state index < -0.39 is 6.10 Å². The third kappa shape index (κ3) is 4.86. The Hall–Kier alpha value is -1.84. The first-order valence-corrected chi connectivity index (χ1v) is 7.65. The van der Waals surface area contributed by atoms with Crippen LogP contribution in [0.2, 0.25) is 5.02 Å². The van der Waals surface area contributed by atoms with Crippen molar-refractivity contribution in [1.29, 1.82) is 0 Å². The standard InChI is InChI=1S/C18H20ClNO2/c1-13(16-8-10-17(19)11-9-16)20-18(21)14(2)22-12-15-6-4-3-5-7-15/h3-11,13-14H,12H2,1-2H3,(H,20,21)/t13-,14-/m0/s1. The summed E-state index contributed by atoms with van der Waals surface area (Å²) in [5.74, 6) is -0.126. The van der Waals surface area contributed by atoms with Crippen LogP contribution in [0, 0.1) is 0 Å². The van der Waals surface area contributed by atoms with Gasteiger partial charge in [-0.3, -0.25) is 4.79 Å². The van der Waals surface area contributed by atoms with Gasteiger partial charge >= 0.3 is 0 Å². The Morgan fingerprint density at radius 2 is 1.73 bits per heavy atom. The summed E-state index contributed by atoms with van der Waals surface area (Å²) in [6.07, 6.45) is -0.505. The van der Waals surface area contributed by atoms with Gasteiger partial charge in [0.05, 0.1) is 12.6 Å². The highest BCUT2D eigenvalue weighted by molar-refractivity contribution is 6.30. The molecule has 1 amide bonds. The minimum Gasteiger partial charge on any atom is -0.364 e. The number of rotatable bonds is 6. The maximum Gasteiger partial charge on any atom is 0.249 e. The van der Waals surface area contributed by atoms with Crippen molar-refractivity contribution >= 4 is 17.5 Å². The van der Waals surface area contributed by atoms with Crippen LogP contribution in [0.3, 0.4) is 0 Å². The van der Waals surface area contributed by atoms with E-state index in [0.717, 1.165) is 11.1 Å². The summed E-state index contributed by atoms with van der Waals surface area (Å²) in [5.41, 5.74) is 2.06. The van der Waals surface area contributed by atoms with Crippen LogP contribution in [-0.2, 0) is 16.1 Å². The molecule has 116 valence electrons. The van der Waals surface area contributed by atoms with Gasteiger partial charge in [0.15, 0.2) is 0 Å². The summed E-state index contributed by atoms with van der Waals surface area (Å²) in [6.45, 7) is 4.11. The summed E-state index contributed by atoms with van der Waals surface area (Å²) >= 11 is 5.86. The van der Waals surface area contributed by atoms with Crippen molar-refractivity contribution < 1.29 is 9.53 Å². The Bertz CT molecular complexity index is 598. The minimum atomic E-state index is -0.505. The first-order valence-electron chi connectivity index (χ1n) is 7.27. The average molecular weight is 318 g/mol. The molecule has 0 aliphatic rings. The lowest BCUT2D eigenvalue weighted by atomic mass is 10.1. The predicted octanol–water partition coefficient (Wildman–Crippen LogP) is 4.12. The van der Waals surface area contributed by atoms with Crippen molar-refractivity contribution in [2.45, 2.75) is 32.6 Å². The highest BCUT2D eigenvalue weighted by atomic mass is 35.5. The highest BCUT2D eigenvalue weighted by Crippen LogP contribution is 2.16. The number of ether oxygens (including phenoxy) is 1. The van der Waals surface area contributed by atoms with Gasteiger partial charge in [-0.15, -0.1) is 0 Å². The van der Waals surface area contributed by atoms with Crippen LogP contribution in [0.5, 0.6) is 0 Å². The van der Waals surface area contributed by atoms with Gasteiger partial charge in [0, 0.05) is 5.02 Å². The molecule has 0 bridgehead atoms. The van der Waals surface area contributed by atoms with E-state index in [4.69, 9.17) is 16.3 Å². The Labute approximate surface area is 136 Å². The molecule has 3 nitrogen and oxygen atoms in total. The lowest BCUT2D eigenvalue weighted by Crippen LogP contribution is -2.36. The number of hydrogen-bond acceptors (Lipinski definition) is 2. The topological polar surface area (TPSA) is 38.3 Å². The first-order chi connectivity index (χ1) is 10.6. The maximum atomic E-state index is 12.2. The van der Waals surface area contributed by atoms with Crippen LogP contribution in [0.4, 0.5) is 0 Å². The molecule has 22 heavy (non-hydrogen) atoms. The molecule has 0 aliphatic carbocycles. The van der Waals surface area contributed by atoms with Crippen molar-refractivity contribution in [3.8, 4) is 0 Å². The molecule has 2 aromatic carbocycles. The molecule has 2 aromatic rings. The molecular formula is C18H20ClNO2. The van der Waals surface area contributed by atoms with Crippen LogP contribution in [0.25, 0.3) is 0 Å². The van der Waals surface area contributed by atoms with Gasteiger partial charge in [-0.2, -0.15) is 0 Å². The van der Waals surface area contributed by atoms with E-state index in [0.29, 0.717) is 11.6 Å². The molecule has 0 aliphatic heterocycles. The zero-order valence-corrected chi connectivity index (χ0v) is 13.5. The van der Waals surface area contributed by atoms with Crippen LogP contribution in [-0.4, -0.2) is 12.0 Å². The molecular weight excluding hydrogens is 298 g/mol. The second-order valence-electron chi connectivity index (χ2n) is 5.22. The molecule has 0 heterocycles. The Kier molecular flexibility index (Phi) is 5.99. The first kappa shape index (κ1) is 16.5. The number of amides is 1. The van der Waals surface area contributed by atoms with Gasteiger partial charge in [0.1, 0.15) is 6.10 Å². The van der Waals surface area contributed by atoms with Crippen LogP contribution in [0.15, 0.2) is 54.6 Å². The molecule has 1 N–H and O–H groups in total. The van der Waals surface area contributed by atoms with E-state index in [9.17, 15) is 4.79 Å². The lowest BCUT2D eigenvalue weighted by Gasteiger charge is -2.18. The molecule has 0 saturated carbocycles. The Balaban J connectivity index is 1.84. The van der Waals surface area contributed by atoms with Crippen molar-refractivity contribution in [2.24, 2.45) is 0 Å². The average Bonchev–Trinajstić information content (AvgIpc) is 2.54. The molecule has 0 radical (unpaired) electrons. The largest absolute Gasteiger partial charge is 0.364 e. The van der Waals surface area contributed by atoms with E-state index in [1.165, 1.54) is 0 Å². The van der Waals surface area contributed by atoms with Crippen molar-refractivity contribution in [3.05, 3.63) is 70.7 Å². The molecule has 4 heteroatoms. The van der Waals surface area contributed by atoms with E-state index in [2.05, 4.69) is 5.32 Å². The van der Waals surface area contributed by atoms with Gasteiger partial charge in [0.25, 0.3) is 0 Å². The summed E-state index contributed by atoms with van der Waals surface area (Å²) in [5, 5.41) is 3.63. The molecule has 0 spiro atoms. The normalized spacial score (nSPS) is 13.4. The summed E-state index contributed by atoms with van der Waals surface area (Å²) < 4.78 is 5.61. The second-order valence-corrected chi connectivity index (χ2v) is 5.66. The third-order valence-electron chi connectivity index (χ3n) is 3.44. The van der Waals surface area contributed by atoms with E-state index in [1.54, 1.807) is 6.92 Å². The number of benzene rings is 2. The van der Waals surface area contributed by atoms with E-state index in [-0.39, 0.29) is 11.9 Å². The number of carbonyl (C=O) groups is 1. The number of halogens is 1. The zero-order chi connectivity index (χ0) is 15.9. The van der Waals surface area contributed by atoms with Gasteiger partial charge < -0.3 is 10.1 Å². The van der Waals surface area contributed by atoms with Crippen LogP contribution < -0.4 is 5.32 Å². The minimum absolute atomic E-state index is 0.0902. The quantitative estimate of drug-likeness (QED) is 0.870. The summed E-state index contributed by atoms with van der Waals surface area (Å²) in [6, 6.07) is 17.1. The maximum absolute atomic E-state index is 12.2. The fourth-order valence-electron chi connectivity index (χ4n) is 2.04. The Morgan fingerprint density at radius 1 is 1.09 bits per heavy atom. The van der Waals surface area contributed by atoms with E-state index >= 15 is 0 Å². The van der Waals surface area contributed by atoms with Crippen molar-refractivity contribution in [3.63, 3.8) is 0 Å². The monoisotopic (exact) mass is 317 g/mol. The summed E-state index contributed by atoms with van der Waals surface area (Å²) in [7, 11) is 0.